The number of hydrogen-bond donors (Lipinski definition) is 0. The highest BCUT2D eigenvalue weighted by Gasteiger charge is 2.09. The topological polar surface area (TPSA) is 17.1 Å². The summed E-state index contributed by atoms with van der Waals surface area (Å²) in [5.41, 5.74) is 2.04. The second kappa shape index (κ2) is 3.95. The van der Waals surface area contributed by atoms with E-state index < -0.39 is 0 Å². The first-order valence-electron chi connectivity index (χ1n) is 4.51. The molecule has 0 amide bonds. The maximum atomic E-state index is 13.5. The van der Waals surface area contributed by atoms with Crippen molar-refractivity contribution in [1.29, 1.82) is 0 Å². The van der Waals surface area contributed by atoms with Crippen molar-refractivity contribution < 1.29 is 9.18 Å². The molecule has 15 heavy (non-hydrogen) atoms. The zero-order chi connectivity index (χ0) is 10.8. The lowest BCUT2D eigenvalue weighted by Gasteiger charge is -2.02. The minimum absolute atomic E-state index is 0.286. The molecule has 0 unspecified atom stereocenters. The fourth-order valence-electron chi connectivity index (χ4n) is 1.44. The molecule has 76 valence electrons. The molecule has 1 heterocycles. The molecule has 0 aliphatic heterocycles. The molecule has 0 bridgehead atoms. The largest absolute Gasteiger partial charge is 0.298 e. The van der Waals surface area contributed by atoms with Gasteiger partial charge < -0.3 is 0 Å². The van der Waals surface area contributed by atoms with Crippen LogP contribution >= 0.6 is 11.3 Å². The second-order valence-corrected chi connectivity index (χ2v) is 4.21. The van der Waals surface area contributed by atoms with Crippen molar-refractivity contribution in [1.82, 2.24) is 0 Å². The summed E-state index contributed by atoms with van der Waals surface area (Å²) in [6.45, 7) is 1.93. The summed E-state index contributed by atoms with van der Waals surface area (Å²) in [5.74, 6) is -0.286. The van der Waals surface area contributed by atoms with Gasteiger partial charge in [-0.1, -0.05) is 0 Å². The zero-order valence-corrected chi connectivity index (χ0v) is 8.98. The van der Waals surface area contributed by atoms with E-state index in [-0.39, 0.29) is 5.82 Å². The Bertz CT molecular complexity index is 502. The number of thiophene rings is 1. The molecule has 0 aliphatic rings. The van der Waals surface area contributed by atoms with Crippen LogP contribution in [0.1, 0.15) is 15.9 Å². The van der Waals surface area contributed by atoms with Crippen LogP contribution in [-0.4, -0.2) is 6.29 Å². The lowest BCUT2D eigenvalue weighted by molar-refractivity contribution is 0.112. The highest BCUT2D eigenvalue weighted by Crippen LogP contribution is 2.31. The Morgan fingerprint density at radius 1 is 1.33 bits per heavy atom. The third kappa shape index (κ3) is 1.83. The van der Waals surface area contributed by atoms with Gasteiger partial charge in [0.25, 0.3) is 0 Å². The molecule has 0 N–H and O–H groups in total. The number of carbonyl (C=O) groups is 1. The van der Waals surface area contributed by atoms with Crippen LogP contribution in [0.25, 0.3) is 10.4 Å². The van der Waals surface area contributed by atoms with E-state index in [1.807, 2.05) is 18.4 Å². The van der Waals surface area contributed by atoms with E-state index in [9.17, 15) is 9.18 Å². The Morgan fingerprint density at radius 2 is 2.13 bits per heavy atom. The molecule has 1 nitrogen and oxygen atoms in total. The molecule has 1 aromatic carbocycles. The van der Waals surface area contributed by atoms with Crippen LogP contribution < -0.4 is 0 Å². The number of rotatable bonds is 2. The van der Waals surface area contributed by atoms with Crippen molar-refractivity contribution in [2.24, 2.45) is 0 Å². The van der Waals surface area contributed by atoms with Gasteiger partial charge in [-0.25, -0.2) is 4.39 Å². The van der Waals surface area contributed by atoms with Crippen LogP contribution in [0.2, 0.25) is 0 Å². The third-order valence-corrected chi connectivity index (χ3v) is 3.28. The molecular formula is C12H9FOS. The van der Waals surface area contributed by atoms with Crippen molar-refractivity contribution in [3.63, 3.8) is 0 Å². The molecule has 0 radical (unpaired) electrons. The fourth-order valence-corrected chi connectivity index (χ4v) is 2.38. The van der Waals surface area contributed by atoms with Crippen LogP contribution in [0, 0.1) is 12.7 Å². The quantitative estimate of drug-likeness (QED) is 0.706. The van der Waals surface area contributed by atoms with Crippen LogP contribution in [0.15, 0.2) is 29.6 Å². The van der Waals surface area contributed by atoms with Crippen molar-refractivity contribution in [3.8, 4) is 10.4 Å². The van der Waals surface area contributed by atoms with Gasteiger partial charge in [-0.3, -0.25) is 4.79 Å². The molecule has 0 fully saturated rings. The van der Waals surface area contributed by atoms with Crippen molar-refractivity contribution in [2.45, 2.75) is 6.92 Å². The van der Waals surface area contributed by atoms with Crippen LogP contribution in [0.5, 0.6) is 0 Å². The van der Waals surface area contributed by atoms with E-state index in [4.69, 9.17) is 0 Å². The molecule has 0 spiro atoms. The summed E-state index contributed by atoms with van der Waals surface area (Å²) in [4.78, 5) is 11.5. The molecule has 0 atom stereocenters. The molecule has 1 aromatic heterocycles. The van der Waals surface area contributed by atoms with Gasteiger partial charge in [0.05, 0.1) is 0 Å². The Balaban J connectivity index is 2.61. The van der Waals surface area contributed by atoms with Gasteiger partial charge in [-0.2, -0.15) is 0 Å². The molecular weight excluding hydrogens is 211 g/mol. The number of aryl methyl sites for hydroxylation is 1. The fraction of sp³-hybridized carbons (Fsp3) is 0.0833. The summed E-state index contributed by atoms with van der Waals surface area (Å²) in [6, 6.07) is 6.33. The zero-order valence-electron chi connectivity index (χ0n) is 8.16. The Hall–Kier alpha value is -1.48. The first-order valence-corrected chi connectivity index (χ1v) is 5.39. The summed E-state index contributed by atoms with van der Waals surface area (Å²) in [6.07, 6.45) is 0.728. The van der Waals surface area contributed by atoms with E-state index in [1.54, 1.807) is 6.07 Å². The van der Waals surface area contributed by atoms with Gasteiger partial charge in [0.15, 0.2) is 0 Å². The number of aldehydes is 1. The van der Waals surface area contributed by atoms with E-state index in [1.165, 1.54) is 23.5 Å². The highest BCUT2D eigenvalue weighted by atomic mass is 32.1. The van der Waals surface area contributed by atoms with Crippen LogP contribution in [0.3, 0.4) is 0 Å². The minimum atomic E-state index is -0.286. The van der Waals surface area contributed by atoms with Gasteiger partial charge in [0.2, 0.25) is 0 Å². The predicted octanol–water partition coefficient (Wildman–Crippen LogP) is 3.68. The molecule has 2 rings (SSSR count). The van der Waals surface area contributed by atoms with Crippen LogP contribution in [-0.2, 0) is 0 Å². The van der Waals surface area contributed by atoms with E-state index in [0.29, 0.717) is 11.1 Å². The average molecular weight is 220 g/mol. The predicted molar refractivity (Wildman–Crippen MR) is 59.8 cm³/mol. The lowest BCUT2D eigenvalue weighted by Crippen LogP contribution is -1.87. The van der Waals surface area contributed by atoms with Crippen molar-refractivity contribution in [3.05, 3.63) is 46.6 Å². The molecule has 0 aliphatic carbocycles. The van der Waals surface area contributed by atoms with Crippen molar-refractivity contribution in [2.75, 3.05) is 0 Å². The SMILES string of the molecule is Cc1ccsc1-c1cc(C=O)ccc1F. The maximum absolute atomic E-state index is 13.5. The summed E-state index contributed by atoms with van der Waals surface area (Å²) in [7, 11) is 0. The van der Waals surface area contributed by atoms with E-state index in [0.717, 1.165) is 16.7 Å². The summed E-state index contributed by atoms with van der Waals surface area (Å²) >= 11 is 1.48. The lowest BCUT2D eigenvalue weighted by atomic mass is 10.1. The van der Waals surface area contributed by atoms with E-state index >= 15 is 0 Å². The Morgan fingerprint density at radius 3 is 2.73 bits per heavy atom. The monoisotopic (exact) mass is 220 g/mol. The van der Waals surface area contributed by atoms with Gasteiger partial charge >= 0.3 is 0 Å². The molecule has 0 saturated heterocycles. The number of benzene rings is 1. The third-order valence-electron chi connectivity index (χ3n) is 2.23. The molecule has 2 aromatic rings. The second-order valence-electron chi connectivity index (χ2n) is 3.29. The Kier molecular flexibility index (Phi) is 2.64. The smallest absolute Gasteiger partial charge is 0.150 e. The van der Waals surface area contributed by atoms with Gasteiger partial charge in [-0.05, 0) is 42.1 Å². The minimum Gasteiger partial charge on any atom is -0.298 e. The standard InChI is InChI=1S/C12H9FOS/c1-8-4-5-15-12(8)10-6-9(7-14)2-3-11(10)13/h2-7H,1H3. The van der Waals surface area contributed by atoms with Gasteiger partial charge in [0.1, 0.15) is 12.1 Å². The molecule has 3 heteroatoms. The summed E-state index contributed by atoms with van der Waals surface area (Å²) < 4.78 is 13.5. The van der Waals surface area contributed by atoms with Gasteiger partial charge in [-0.15, -0.1) is 11.3 Å². The highest BCUT2D eigenvalue weighted by molar-refractivity contribution is 7.13. The number of halogens is 1. The average Bonchev–Trinajstić information content (AvgIpc) is 2.65. The normalized spacial score (nSPS) is 10.3. The number of carbonyl (C=O) groups excluding carboxylic acids is 1. The van der Waals surface area contributed by atoms with E-state index in [2.05, 4.69) is 0 Å². The Labute approximate surface area is 91.2 Å². The summed E-state index contributed by atoms with van der Waals surface area (Å²) in [5, 5.41) is 1.91. The maximum Gasteiger partial charge on any atom is 0.150 e. The van der Waals surface area contributed by atoms with Crippen molar-refractivity contribution >= 4 is 17.6 Å². The number of hydrogen-bond acceptors (Lipinski definition) is 2. The molecule has 0 saturated carbocycles. The van der Waals surface area contributed by atoms with Crippen LogP contribution in [0.4, 0.5) is 4.39 Å². The first-order chi connectivity index (χ1) is 7.22. The first kappa shape index (κ1) is 10.1. The van der Waals surface area contributed by atoms with Gasteiger partial charge in [0, 0.05) is 16.0 Å².